The van der Waals surface area contributed by atoms with Crippen LogP contribution in [0.5, 0.6) is 0 Å². The second-order valence-electron chi connectivity index (χ2n) is 4.29. The van der Waals surface area contributed by atoms with Gasteiger partial charge in [-0.2, -0.15) is 4.68 Å². The van der Waals surface area contributed by atoms with Gasteiger partial charge in [0.1, 0.15) is 0 Å². The summed E-state index contributed by atoms with van der Waals surface area (Å²) >= 11 is 1.60. The Morgan fingerprint density at radius 1 is 0.870 bits per heavy atom. The van der Waals surface area contributed by atoms with Crippen molar-refractivity contribution in [1.29, 1.82) is 0 Å². The molecule has 0 fully saturated rings. The molecule has 0 spiro atoms. The monoisotopic (exact) mass is 387 g/mol. The molecule has 0 atom stereocenters. The molecule has 0 saturated carbocycles. The zero-order chi connectivity index (χ0) is 15.0. The fourth-order valence-corrected chi connectivity index (χ4v) is 2.22. The predicted octanol–water partition coefficient (Wildman–Crippen LogP) is 4.05. The topological polar surface area (TPSA) is 56.5 Å². The molecule has 0 amide bonds. The van der Waals surface area contributed by atoms with E-state index in [0.717, 1.165) is 17.1 Å². The number of halogens is 1. The van der Waals surface area contributed by atoms with Crippen LogP contribution < -0.4 is 0 Å². The van der Waals surface area contributed by atoms with Crippen LogP contribution in [0.2, 0.25) is 0 Å². The molecule has 0 radical (unpaired) electrons. The predicted molar refractivity (Wildman–Crippen MR) is 97.0 cm³/mol. The highest BCUT2D eigenvalue weighted by molar-refractivity contribution is 8.93. The van der Waals surface area contributed by atoms with Gasteiger partial charge in [-0.25, -0.2) is 0 Å². The molecule has 4 rings (SSSR count). The number of nitrogens with zero attached hydrogens (tertiary/aromatic N) is 5. The van der Waals surface area contributed by atoms with E-state index in [1.807, 2.05) is 66.0 Å². The van der Waals surface area contributed by atoms with Gasteiger partial charge in [0.15, 0.2) is 5.82 Å². The van der Waals surface area contributed by atoms with Crippen molar-refractivity contribution in [1.82, 2.24) is 25.2 Å². The molecule has 2 aromatic heterocycles. The van der Waals surface area contributed by atoms with Crippen molar-refractivity contribution >= 4 is 28.3 Å². The molecule has 4 aromatic rings. The van der Waals surface area contributed by atoms with Crippen LogP contribution in [-0.2, 0) is 0 Å². The highest BCUT2D eigenvalue weighted by Gasteiger charge is 2.09. The fourth-order valence-electron chi connectivity index (χ4n) is 1.87. The number of para-hydroxylation sites is 1. The number of rotatable bonds is 2. The van der Waals surface area contributed by atoms with Crippen molar-refractivity contribution in [3.8, 4) is 17.1 Å². The second kappa shape index (κ2) is 8.92. The first-order chi connectivity index (χ1) is 10.9. The molecule has 0 saturated heterocycles. The summed E-state index contributed by atoms with van der Waals surface area (Å²) in [6.07, 6.45) is 1.77. The largest absolute Gasteiger partial charge is 0.253 e. The lowest BCUT2D eigenvalue weighted by molar-refractivity contribution is 0.791. The fraction of sp³-hybridized carbons (Fsp3) is 0. The zero-order valence-corrected chi connectivity index (χ0v) is 14.6. The molecular formula is C16H14BrN5S. The van der Waals surface area contributed by atoms with Gasteiger partial charge in [-0.05, 0) is 22.6 Å². The van der Waals surface area contributed by atoms with Gasteiger partial charge < -0.3 is 0 Å². The summed E-state index contributed by atoms with van der Waals surface area (Å²) in [6, 6.07) is 19.7. The van der Waals surface area contributed by atoms with Crippen molar-refractivity contribution < 1.29 is 0 Å². The number of thiazole rings is 1. The van der Waals surface area contributed by atoms with Gasteiger partial charge in [0.2, 0.25) is 0 Å². The molecule has 0 aliphatic carbocycles. The zero-order valence-electron chi connectivity index (χ0n) is 12.1. The van der Waals surface area contributed by atoms with Gasteiger partial charge in [0, 0.05) is 17.1 Å². The maximum Gasteiger partial charge on any atom is 0.187 e. The summed E-state index contributed by atoms with van der Waals surface area (Å²) in [5.74, 6) is 0.747. The van der Waals surface area contributed by atoms with E-state index in [2.05, 4.69) is 20.5 Å². The number of hydrogen-bond acceptors (Lipinski definition) is 5. The number of hydrogen-bond donors (Lipinski definition) is 0. The van der Waals surface area contributed by atoms with E-state index in [0.29, 0.717) is 0 Å². The molecule has 2 heterocycles. The quantitative estimate of drug-likeness (QED) is 0.520. The Morgan fingerprint density at radius 2 is 1.57 bits per heavy atom. The number of aromatic nitrogens is 5. The molecule has 2 aromatic carbocycles. The summed E-state index contributed by atoms with van der Waals surface area (Å²) in [7, 11) is 0. The normalized spacial score (nSPS) is 9.39. The summed E-state index contributed by atoms with van der Waals surface area (Å²) in [5.41, 5.74) is 3.75. The van der Waals surface area contributed by atoms with Gasteiger partial charge in [-0.1, -0.05) is 48.5 Å². The second-order valence-corrected chi connectivity index (χ2v) is 5.05. The van der Waals surface area contributed by atoms with E-state index in [1.165, 1.54) is 0 Å². The van der Waals surface area contributed by atoms with Crippen LogP contribution >= 0.6 is 28.3 Å². The van der Waals surface area contributed by atoms with Crippen molar-refractivity contribution in [2.45, 2.75) is 0 Å². The van der Waals surface area contributed by atoms with Gasteiger partial charge in [0.05, 0.1) is 11.2 Å². The molecule has 0 bridgehead atoms. The minimum absolute atomic E-state index is 0. The van der Waals surface area contributed by atoms with E-state index >= 15 is 0 Å². The lowest BCUT2D eigenvalue weighted by atomic mass is 10.2. The average molecular weight is 388 g/mol. The van der Waals surface area contributed by atoms with Crippen LogP contribution in [0.15, 0.2) is 77.8 Å². The lowest BCUT2D eigenvalue weighted by Crippen LogP contribution is -1.99. The molecule has 0 aliphatic rings. The van der Waals surface area contributed by atoms with Gasteiger partial charge in [-0.3, -0.25) is 4.98 Å². The first-order valence-electron chi connectivity index (χ1n) is 6.66. The Labute approximate surface area is 148 Å². The minimum Gasteiger partial charge on any atom is -0.253 e. The molecule has 0 unspecified atom stereocenters. The summed E-state index contributed by atoms with van der Waals surface area (Å²) in [6.45, 7) is 0. The Bertz CT molecular complexity index is 717. The third-order valence-corrected chi connectivity index (χ3v) is 3.37. The Morgan fingerprint density at radius 3 is 2.13 bits per heavy atom. The molecule has 5 nitrogen and oxygen atoms in total. The maximum absolute atomic E-state index is 4.06. The van der Waals surface area contributed by atoms with E-state index in [-0.39, 0.29) is 17.0 Å². The van der Waals surface area contributed by atoms with Crippen molar-refractivity contribution in [2.24, 2.45) is 0 Å². The van der Waals surface area contributed by atoms with Gasteiger partial charge in [0.25, 0.3) is 0 Å². The van der Waals surface area contributed by atoms with Crippen LogP contribution in [-0.4, -0.2) is 25.2 Å². The number of benzene rings is 2. The standard InChI is InChI=1S/C13H10N4.C3H3NS.BrH/c1-3-7-11(8-4-1)13-14-15-16-17(13)12-9-5-2-6-10-12;1-2-5-3-4-1;/h1-10H;1-3H;1H. The van der Waals surface area contributed by atoms with E-state index in [1.54, 1.807) is 27.7 Å². The molecule has 116 valence electrons. The Balaban J connectivity index is 0.000000276. The Hall–Kier alpha value is -2.38. The van der Waals surface area contributed by atoms with Crippen LogP contribution in [0, 0.1) is 0 Å². The summed E-state index contributed by atoms with van der Waals surface area (Å²) in [5, 5.41) is 13.8. The Kier molecular flexibility index (Phi) is 6.58. The third kappa shape index (κ3) is 4.54. The van der Waals surface area contributed by atoms with Gasteiger partial charge >= 0.3 is 0 Å². The van der Waals surface area contributed by atoms with Crippen molar-refractivity contribution in [3.63, 3.8) is 0 Å². The first-order valence-corrected chi connectivity index (χ1v) is 7.61. The summed E-state index contributed by atoms with van der Waals surface area (Å²) < 4.78 is 1.73. The van der Waals surface area contributed by atoms with Crippen molar-refractivity contribution in [3.05, 3.63) is 77.8 Å². The maximum atomic E-state index is 4.06. The van der Waals surface area contributed by atoms with Crippen LogP contribution in [0.1, 0.15) is 0 Å². The van der Waals surface area contributed by atoms with E-state index in [9.17, 15) is 0 Å². The van der Waals surface area contributed by atoms with Crippen LogP contribution in [0.4, 0.5) is 0 Å². The van der Waals surface area contributed by atoms with Crippen molar-refractivity contribution in [2.75, 3.05) is 0 Å². The third-order valence-electron chi connectivity index (χ3n) is 2.85. The minimum atomic E-state index is 0. The van der Waals surface area contributed by atoms with Gasteiger partial charge in [-0.15, -0.1) is 33.4 Å². The molecule has 7 heteroatoms. The highest BCUT2D eigenvalue weighted by Crippen LogP contribution is 2.18. The molecule has 0 N–H and O–H groups in total. The number of tetrazole rings is 1. The summed E-state index contributed by atoms with van der Waals surface area (Å²) in [4.78, 5) is 3.74. The smallest absolute Gasteiger partial charge is 0.187 e. The molecule has 0 aliphatic heterocycles. The lowest BCUT2D eigenvalue weighted by Gasteiger charge is -2.03. The average Bonchev–Trinajstić information content (AvgIpc) is 3.31. The highest BCUT2D eigenvalue weighted by atomic mass is 79.9. The first kappa shape index (κ1) is 17.0. The molecule has 23 heavy (non-hydrogen) atoms. The molecular weight excluding hydrogens is 374 g/mol. The van der Waals surface area contributed by atoms with Crippen LogP contribution in [0.25, 0.3) is 17.1 Å². The van der Waals surface area contributed by atoms with E-state index < -0.39 is 0 Å². The van der Waals surface area contributed by atoms with Crippen LogP contribution in [0.3, 0.4) is 0 Å². The van der Waals surface area contributed by atoms with E-state index in [4.69, 9.17) is 0 Å². The SMILES string of the molecule is Br.c1ccc(-c2nnnn2-c2ccccc2)cc1.c1cscn1.